The number of pyridine rings is 1. The third kappa shape index (κ3) is 3.58. The second kappa shape index (κ2) is 8.18. The van der Waals surface area contributed by atoms with Crippen LogP contribution in [0, 0.1) is 0 Å². The summed E-state index contributed by atoms with van der Waals surface area (Å²) in [5.74, 6) is 2.30. The number of hydrogen-bond donors (Lipinski definition) is 2. The van der Waals surface area contributed by atoms with Gasteiger partial charge in [0.05, 0.1) is 17.1 Å². The van der Waals surface area contributed by atoms with Gasteiger partial charge < -0.3 is 20.3 Å². The number of hydrogen-bond acceptors (Lipinski definition) is 9. The fourth-order valence-electron chi connectivity index (χ4n) is 4.83. The van der Waals surface area contributed by atoms with Crippen LogP contribution in [0.2, 0.25) is 0 Å². The quantitative estimate of drug-likeness (QED) is 0.466. The van der Waals surface area contributed by atoms with Crippen LogP contribution in [0.15, 0.2) is 59.5 Å². The van der Waals surface area contributed by atoms with Crippen LogP contribution in [-0.2, 0) is 5.41 Å². The summed E-state index contributed by atoms with van der Waals surface area (Å²) in [6.07, 6.45) is 8.78. The molecule has 9 heteroatoms. The number of aliphatic hydroxyl groups is 1. The van der Waals surface area contributed by atoms with E-state index in [4.69, 9.17) is 15.2 Å². The van der Waals surface area contributed by atoms with Crippen molar-refractivity contribution in [1.29, 1.82) is 0 Å². The van der Waals surface area contributed by atoms with Gasteiger partial charge in [-0.25, -0.2) is 15.0 Å². The molecule has 4 heterocycles. The first-order chi connectivity index (χ1) is 16.6. The van der Waals surface area contributed by atoms with Crippen molar-refractivity contribution < 1.29 is 9.63 Å². The molecular weight excluding hydrogens is 430 g/mol. The summed E-state index contributed by atoms with van der Waals surface area (Å²) in [4.78, 5) is 19.6. The van der Waals surface area contributed by atoms with Crippen LogP contribution in [-0.4, -0.2) is 49.4 Å². The average Bonchev–Trinajstić information content (AvgIpc) is 3.50. The maximum Gasteiger partial charge on any atom is 0.259 e. The van der Waals surface area contributed by atoms with E-state index in [1.54, 1.807) is 18.6 Å². The molecule has 1 saturated carbocycles. The van der Waals surface area contributed by atoms with Gasteiger partial charge in [-0.3, -0.25) is 0 Å². The van der Waals surface area contributed by atoms with Gasteiger partial charge in [0.25, 0.3) is 5.89 Å². The number of anilines is 2. The summed E-state index contributed by atoms with van der Waals surface area (Å²) < 4.78 is 5.66. The van der Waals surface area contributed by atoms with Gasteiger partial charge in [-0.15, -0.1) is 0 Å². The summed E-state index contributed by atoms with van der Waals surface area (Å²) in [5.41, 5.74) is 9.27. The summed E-state index contributed by atoms with van der Waals surface area (Å²) in [6.45, 7) is 1.43. The molecule has 0 amide bonds. The lowest BCUT2D eigenvalue weighted by atomic mass is 9.64. The zero-order valence-corrected chi connectivity index (χ0v) is 18.6. The first kappa shape index (κ1) is 20.7. The van der Waals surface area contributed by atoms with E-state index >= 15 is 0 Å². The van der Waals surface area contributed by atoms with Crippen LogP contribution in [0.1, 0.15) is 37.1 Å². The Kier molecular flexibility index (Phi) is 4.99. The minimum Gasteiger partial charge on any atom is -0.391 e. The van der Waals surface area contributed by atoms with Gasteiger partial charge >= 0.3 is 0 Å². The van der Waals surface area contributed by atoms with E-state index in [1.807, 2.05) is 12.1 Å². The van der Waals surface area contributed by atoms with E-state index in [0.29, 0.717) is 18.3 Å². The fraction of sp³-hybridized carbons (Fsp3) is 0.320. The summed E-state index contributed by atoms with van der Waals surface area (Å²) >= 11 is 0. The second-order valence-corrected chi connectivity index (χ2v) is 9.06. The van der Waals surface area contributed by atoms with Gasteiger partial charge in [-0.05, 0) is 42.5 Å². The molecule has 1 atom stereocenters. The van der Waals surface area contributed by atoms with E-state index < -0.39 is 0 Å². The Morgan fingerprint density at radius 1 is 0.941 bits per heavy atom. The fourth-order valence-corrected chi connectivity index (χ4v) is 4.83. The van der Waals surface area contributed by atoms with Gasteiger partial charge in [0.1, 0.15) is 5.82 Å². The van der Waals surface area contributed by atoms with Crippen molar-refractivity contribution in [2.75, 3.05) is 23.7 Å². The van der Waals surface area contributed by atoms with Crippen LogP contribution >= 0.6 is 0 Å². The molecular formula is C25H25N7O2. The molecule has 0 unspecified atom stereocenters. The third-order valence-corrected chi connectivity index (χ3v) is 6.99. The van der Waals surface area contributed by atoms with Crippen molar-refractivity contribution in [3.8, 4) is 22.6 Å². The molecule has 9 nitrogen and oxygen atoms in total. The molecule has 0 spiro atoms. The average molecular weight is 456 g/mol. The minimum absolute atomic E-state index is 0.239. The van der Waals surface area contributed by atoms with Gasteiger partial charge in [-0.1, -0.05) is 35.8 Å². The zero-order valence-electron chi connectivity index (χ0n) is 18.6. The molecule has 2 aliphatic rings. The molecule has 3 aromatic heterocycles. The van der Waals surface area contributed by atoms with Gasteiger partial charge in [-0.2, -0.15) is 4.98 Å². The highest BCUT2D eigenvalue weighted by atomic mass is 16.5. The van der Waals surface area contributed by atoms with Gasteiger partial charge in [0, 0.05) is 37.2 Å². The Morgan fingerprint density at radius 3 is 2.29 bits per heavy atom. The van der Waals surface area contributed by atoms with Crippen LogP contribution in [0.25, 0.3) is 22.6 Å². The zero-order chi connectivity index (χ0) is 23.1. The van der Waals surface area contributed by atoms with Crippen LogP contribution < -0.4 is 10.6 Å². The lowest BCUT2D eigenvalue weighted by Gasteiger charge is -2.39. The van der Waals surface area contributed by atoms with Crippen LogP contribution in [0.4, 0.5) is 11.8 Å². The lowest BCUT2D eigenvalue weighted by Crippen LogP contribution is -2.36. The molecule has 1 saturated heterocycles. The molecule has 3 N–H and O–H groups in total. The Labute approximate surface area is 196 Å². The summed E-state index contributed by atoms with van der Waals surface area (Å²) in [6, 6.07) is 12.3. The molecule has 1 aliphatic heterocycles. The number of nitrogens with two attached hydrogens (primary N) is 1. The number of nitrogen functional groups attached to an aromatic ring is 1. The van der Waals surface area contributed by atoms with Gasteiger partial charge in [0.2, 0.25) is 5.95 Å². The maximum absolute atomic E-state index is 9.77. The standard InChI is InChI=1S/C25H25N7O2/c26-24-28-13-18(14-29-24)16-2-5-19(6-3-16)25(9-1-10-25)23-30-22(34-31-23)17-4-7-21(27-12-17)32-11-8-20(33)15-32/h2-7,12-14,20,33H,1,8-11,15H2,(H2,26,28,29)/t20-/m1/s1. The minimum atomic E-state index is -0.285. The highest BCUT2D eigenvalue weighted by Crippen LogP contribution is 2.48. The van der Waals surface area contributed by atoms with Crippen molar-refractivity contribution in [2.45, 2.75) is 37.2 Å². The normalized spacial score (nSPS) is 19.2. The Balaban J connectivity index is 1.24. The Bertz CT molecular complexity index is 1280. The highest BCUT2D eigenvalue weighted by molar-refractivity contribution is 5.63. The number of β-amino-alcohol motifs (C(OH)–C–C–N with tert-alkyl or cyclic N) is 1. The number of benzene rings is 1. The van der Waals surface area contributed by atoms with Crippen molar-refractivity contribution in [1.82, 2.24) is 25.1 Å². The highest BCUT2D eigenvalue weighted by Gasteiger charge is 2.44. The second-order valence-electron chi connectivity index (χ2n) is 9.06. The number of aromatic nitrogens is 5. The first-order valence-electron chi connectivity index (χ1n) is 11.5. The molecule has 1 aliphatic carbocycles. The van der Waals surface area contributed by atoms with Crippen LogP contribution in [0.5, 0.6) is 0 Å². The summed E-state index contributed by atoms with van der Waals surface area (Å²) in [7, 11) is 0. The molecule has 6 rings (SSSR count). The van der Waals surface area contributed by atoms with Gasteiger partial charge in [0.15, 0.2) is 5.82 Å². The molecule has 4 aromatic rings. The SMILES string of the molecule is Nc1ncc(-c2ccc(C3(c4noc(-c5ccc(N6CC[C@@H](O)C6)nc5)n4)CCC3)cc2)cn1. The number of nitrogens with zero attached hydrogens (tertiary/aromatic N) is 6. The Morgan fingerprint density at radius 2 is 1.68 bits per heavy atom. The topological polar surface area (TPSA) is 127 Å². The first-order valence-corrected chi connectivity index (χ1v) is 11.5. The maximum atomic E-state index is 9.77. The molecule has 172 valence electrons. The smallest absolute Gasteiger partial charge is 0.259 e. The van der Waals surface area contributed by atoms with Crippen molar-refractivity contribution >= 4 is 11.8 Å². The molecule has 34 heavy (non-hydrogen) atoms. The third-order valence-electron chi connectivity index (χ3n) is 6.99. The molecule has 0 bridgehead atoms. The van der Waals surface area contributed by atoms with E-state index in [9.17, 15) is 5.11 Å². The van der Waals surface area contributed by atoms with Crippen molar-refractivity contribution in [3.05, 3.63) is 66.4 Å². The van der Waals surface area contributed by atoms with E-state index in [2.05, 4.69) is 49.3 Å². The largest absolute Gasteiger partial charge is 0.391 e. The number of rotatable bonds is 5. The predicted molar refractivity (Wildman–Crippen MR) is 127 cm³/mol. The Hall–Kier alpha value is -3.85. The van der Waals surface area contributed by atoms with E-state index in [-0.39, 0.29) is 17.5 Å². The lowest BCUT2D eigenvalue weighted by molar-refractivity contribution is 0.198. The molecule has 0 radical (unpaired) electrons. The predicted octanol–water partition coefficient (Wildman–Crippen LogP) is 3.21. The molecule has 1 aromatic carbocycles. The van der Waals surface area contributed by atoms with E-state index in [0.717, 1.165) is 54.7 Å². The van der Waals surface area contributed by atoms with E-state index in [1.165, 1.54) is 5.56 Å². The van der Waals surface area contributed by atoms with Crippen molar-refractivity contribution in [2.24, 2.45) is 0 Å². The van der Waals surface area contributed by atoms with Crippen molar-refractivity contribution in [3.63, 3.8) is 0 Å². The monoisotopic (exact) mass is 455 g/mol. The summed E-state index contributed by atoms with van der Waals surface area (Å²) in [5, 5.41) is 14.1. The number of aliphatic hydroxyl groups excluding tert-OH is 1. The van der Waals surface area contributed by atoms with Crippen LogP contribution in [0.3, 0.4) is 0 Å². The molecule has 2 fully saturated rings.